The van der Waals surface area contributed by atoms with Crippen molar-refractivity contribution in [3.05, 3.63) is 58.4 Å². The molecule has 0 aliphatic carbocycles. The fourth-order valence-electron chi connectivity index (χ4n) is 6.33. The molecule has 1 spiro atoms. The van der Waals surface area contributed by atoms with E-state index in [4.69, 9.17) is 11.1 Å². The maximum Gasteiger partial charge on any atom is 0.228 e. The topological polar surface area (TPSA) is 90.0 Å². The zero-order chi connectivity index (χ0) is 30.9. The van der Waals surface area contributed by atoms with Gasteiger partial charge in [0.15, 0.2) is 10.9 Å². The van der Waals surface area contributed by atoms with E-state index in [1.807, 2.05) is 47.9 Å². The van der Waals surface area contributed by atoms with E-state index < -0.39 is 12.0 Å². The van der Waals surface area contributed by atoms with Gasteiger partial charge in [-0.15, -0.1) is 0 Å². The van der Waals surface area contributed by atoms with Crippen LogP contribution in [0, 0.1) is 35.4 Å². The highest BCUT2D eigenvalue weighted by Gasteiger charge is 2.54. The molecule has 3 aliphatic heterocycles. The summed E-state index contributed by atoms with van der Waals surface area (Å²) < 4.78 is 40.2. The molecule has 7 rings (SSSR count). The minimum absolute atomic E-state index is 0.0476. The molecule has 0 N–H and O–H groups in total. The number of anilines is 3. The van der Waals surface area contributed by atoms with Crippen molar-refractivity contribution in [3.63, 3.8) is 0 Å². The predicted octanol–water partition coefficient (Wildman–Crippen LogP) is 4.79. The molecule has 6 heterocycles. The molecule has 216 valence electrons. The average Bonchev–Trinajstić information content (AvgIpc) is 3.74. The number of nitriles is 1. The molecule has 0 radical (unpaired) electrons. The SMILES string of the molecule is [2H]c1c(N2CC3(CN(C(=O)[C@@H]4CCOC4)C3)C2)c(F)c([2H])n2nc(CC)c(N(C)c3nc(-c4ccc(C)cc4)c(C#N)s3)c12. The summed E-state index contributed by atoms with van der Waals surface area (Å²) in [6, 6.07) is 10.0. The number of rotatable bonds is 6. The van der Waals surface area contributed by atoms with Gasteiger partial charge in [-0.1, -0.05) is 48.1 Å². The van der Waals surface area contributed by atoms with Crippen molar-refractivity contribution in [3.8, 4) is 17.3 Å². The summed E-state index contributed by atoms with van der Waals surface area (Å²) in [5.41, 5.74) is 3.95. The van der Waals surface area contributed by atoms with Gasteiger partial charge in [-0.3, -0.25) is 4.79 Å². The quantitative estimate of drug-likeness (QED) is 0.320. The molecule has 4 aromatic rings. The third-order valence-electron chi connectivity index (χ3n) is 8.59. The van der Waals surface area contributed by atoms with Gasteiger partial charge in [-0.05, 0) is 25.8 Å². The Bertz CT molecular complexity index is 1830. The second-order valence-corrected chi connectivity index (χ2v) is 12.6. The van der Waals surface area contributed by atoms with Crippen LogP contribution in [-0.4, -0.2) is 71.8 Å². The van der Waals surface area contributed by atoms with Gasteiger partial charge >= 0.3 is 0 Å². The van der Waals surface area contributed by atoms with Crippen LogP contribution >= 0.6 is 11.3 Å². The number of hydrogen-bond donors (Lipinski definition) is 0. The van der Waals surface area contributed by atoms with E-state index in [1.54, 1.807) is 11.9 Å². The van der Waals surface area contributed by atoms with Crippen LogP contribution in [0.5, 0.6) is 0 Å². The largest absolute Gasteiger partial charge is 0.381 e. The number of nitrogens with zero attached hydrogens (tertiary/aromatic N) is 7. The van der Waals surface area contributed by atoms with Crippen LogP contribution in [0.15, 0.2) is 36.5 Å². The lowest BCUT2D eigenvalue weighted by atomic mass is 9.72. The van der Waals surface area contributed by atoms with Crippen molar-refractivity contribution in [2.24, 2.45) is 11.3 Å². The number of pyridine rings is 1. The number of ether oxygens (including phenoxy) is 1. The first-order valence-corrected chi connectivity index (χ1v) is 15.0. The molecule has 3 aliphatic rings. The number of likely N-dealkylation sites (tertiary alicyclic amines) is 1. The van der Waals surface area contributed by atoms with Crippen molar-refractivity contribution in [1.82, 2.24) is 19.5 Å². The highest BCUT2D eigenvalue weighted by molar-refractivity contribution is 7.16. The summed E-state index contributed by atoms with van der Waals surface area (Å²) in [4.78, 5) is 23.5. The van der Waals surface area contributed by atoms with E-state index in [-0.39, 0.29) is 29.0 Å². The Hall–Kier alpha value is -4.01. The molecular weight excluding hydrogens is 553 g/mol. The summed E-state index contributed by atoms with van der Waals surface area (Å²) >= 11 is 1.24. The molecular formula is C31H32FN7O2S. The smallest absolute Gasteiger partial charge is 0.228 e. The van der Waals surface area contributed by atoms with Gasteiger partial charge in [0.05, 0.1) is 44.0 Å². The Morgan fingerprint density at radius 1 is 1.31 bits per heavy atom. The highest BCUT2D eigenvalue weighted by atomic mass is 32.1. The van der Waals surface area contributed by atoms with Gasteiger partial charge in [0, 0.05) is 50.8 Å². The Labute approximate surface area is 250 Å². The van der Waals surface area contributed by atoms with Crippen molar-refractivity contribution in [2.45, 2.75) is 26.7 Å². The lowest BCUT2D eigenvalue weighted by Crippen LogP contribution is -2.73. The summed E-state index contributed by atoms with van der Waals surface area (Å²) in [5.74, 6) is -0.732. The molecule has 42 heavy (non-hydrogen) atoms. The molecule has 1 atom stereocenters. The number of benzene rings is 1. The number of halogens is 1. The Kier molecular flexibility index (Phi) is 5.89. The number of carbonyl (C=O) groups excluding carboxylic acids is 1. The summed E-state index contributed by atoms with van der Waals surface area (Å²) in [6.07, 6.45) is 0.828. The van der Waals surface area contributed by atoms with Crippen molar-refractivity contribution >= 4 is 39.3 Å². The fourth-order valence-corrected chi connectivity index (χ4v) is 7.18. The second kappa shape index (κ2) is 10.1. The lowest BCUT2D eigenvalue weighted by molar-refractivity contribution is -0.149. The molecule has 0 unspecified atom stereocenters. The fraction of sp³-hybridized carbons (Fsp3) is 0.419. The number of aryl methyl sites for hydroxylation is 2. The number of hydrogen-bond acceptors (Lipinski definition) is 8. The first-order chi connectivity index (χ1) is 21.1. The maximum atomic E-state index is 15.8. The molecule has 3 aromatic heterocycles. The molecule has 1 amide bonds. The molecule has 0 saturated carbocycles. The van der Waals surface area contributed by atoms with Crippen molar-refractivity contribution < 1.29 is 16.7 Å². The second-order valence-electron chi connectivity index (χ2n) is 11.6. The van der Waals surface area contributed by atoms with E-state index in [9.17, 15) is 11.4 Å². The average molecular weight is 588 g/mol. The summed E-state index contributed by atoms with van der Waals surface area (Å²) in [6.45, 7) is 7.25. The minimum atomic E-state index is -0.783. The first-order valence-electron chi connectivity index (χ1n) is 15.2. The van der Waals surface area contributed by atoms with Crippen LogP contribution < -0.4 is 9.80 Å². The van der Waals surface area contributed by atoms with E-state index in [1.165, 1.54) is 15.9 Å². The van der Waals surface area contributed by atoms with Gasteiger partial charge in [0.25, 0.3) is 0 Å². The van der Waals surface area contributed by atoms with Crippen LogP contribution in [0.1, 0.15) is 32.2 Å². The number of aromatic nitrogens is 3. The van der Waals surface area contributed by atoms with Crippen LogP contribution in [0.25, 0.3) is 16.8 Å². The van der Waals surface area contributed by atoms with Crippen molar-refractivity contribution in [1.29, 1.82) is 5.26 Å². The van der Waals surface area contributed by atoms with Gasteiger partial charge in [-0.25, -0.2) is 13.9 Å². The molecule has 3 fully saturated rings. The van der Waals surface area contributed by atoms with Gasteiger partial charge in [0.2, 0.25) is 5.91 Å². The molecule has 3 saturated heterocycles. The predicted molar refractivity (Wildman–Crippen MR) is 160 cm³/mol. The monoisotopic (exact) mass is 587 g/mol. The Morgan fingerprint density at radius 3 is 2.74 bits per heavy atom. The molecule has 0 bridgehead atoms. The van der Waals surface area contributed by atoms with Crippen molar-refractivity contribution in [2.75, 3.05) is 56.2 Å². The molecule has 1 aromatic carbocycles. The first kappa shape index (κ1) is 24.6. The Balaban J connectivity index is 1.21. The normalized spacial score (nSPS) is 19.8. The van der Waals surface area contributed by atoms with Gasteiger partial charge < -0.3 is 19.4 Å². The van der Waals surface area contributed by atoms with Crippen LogP contribution in [0.2, 0.25) is 0 Å². The third-order valence-corrected chi connectivity index (χ3v) is 9.63. The van der Waals surface area contributed by atoms with Crippen LogP contribution in [0.4, 0.5) is 20.9 Å². The number of thiazole rings is 1. The highest BCUT2D eigenvalue weighted by Crippen LogP contribution is 2.45. The molecule has 9 nitrogen and oxygen atoms in total. The zero-order valence-electron chi connectivity index (χ0n) is 25.8. The van der Waals surface area contributed by atoms with Crippen LogP contribution in [-0.2, 0) is 16.0 Å². The van der Waals surface area contributed by atoms with Gasteiger partial charge in [-0.2, -0.15) is 10.4 Å². The van der Waals surface area contributed by atoms with Crippen LogP contribution in [0.3, 0.4) is 0 Å². The number of amides is 1. The maximum absolute atomic E-state index is 15.8. The van der Waals surface area contributed by atoms with E-state index >= 15 is 4.39 Å². The zero-order valence-corrected chi connectivity index (χ0v) is 24.6. The molecule has 11 heteroatoms. The summed E-state index contributed by atoms with van der Waals surface area (Å²) in [5, 5.41) is 15.0. The van der Waals surface area contributed by atoms with E-state index in [2.05, 4.69) is 11.2 Å². The van der Waals surface area contributed by atoms with Gasteiger partial charge in [0.1, 0.15) is 16.6 Å². The summed E-state index contributed by atoms with van der Waals surface area (Å²) in [7, 11) is 1.80. The van der Waals surface area contributed by atoms with E-state index in [0.717, 1.165) is 17.5 Å². The third kappa shape index (κ3) is 4.32. The van der Waals surface area contributed by atoms with E-state index in [0.29, 0.717) is 78.4 Å². The Morgan fingerprint density at radius 2 is 2.07 bits per heavy atom. The number of fused-ring (bicyclic) bond motifs is 1. The standard InChI is InChI=1S/C31H32FN7O2S/c1-4-23-28(36(3)30-34-27(26(12-33)42-30)20-7-5-19(2)6-8-20)25-11-24(22(32)13-39(25)35-23)37-15-31(16-37)17-38(18-31)29(40)21-9-10-41-14-21/h5-8,11,13,21H,4,9-10,14-18H2,1-3H3/t21-/m1/s1/i11D,13D. The minimum Gasteiger partial charge on any atom is -0.381 e. The number of carbonyl (C=O) groups is 1. The lowest BCUT2D eigenvalue weighted by Gasteiger charge is -2.61.